The summed E-state index contributed by atoms with van der Waals surface area (Å²) in [6.07, 6.45) is 2.57. The number of aliphatic hydroxyl groups is 1. The predicted molar refractivity (Wildman–Crippen MR) is 64.1 cm³/mol. The maximum atomic E-state index is 8.91. The fourth-order valence-electron chi connectivity index (χ4n) is 1.68. The van der Waals surface area contributed by atoms with Crippen molar-refractivity contribution in [3.05, 3.63) is 65.0 Å². The summed E-state index contributed by atoms with van der Waals surface area (Å²) in [6.45, 7) is 2.14. The molecule has 2 rings (SSSR count). The van der Waals surface area contributed by atoms with Crippen LogP contribution < -0.4 is 0 Å². The highest BCUT2D eigenvalue weighted by Crippen LogP contribution is 2.10. The summed E-state index contributed by atoms with van der Waals surface area (Å²) in [5, 5.41) is 8.91. The minimum atomic E-state index is 0.0533. The summed E-state index contributed by atoms with van der Waals surface area (Å²) in [5.41, 5.74) is 4.42. The van der Waals surface area contributed by atoms with Crippen molar-refractivity contribution in [3.8, 4) is 0 Å². The molecule has 0 atom stereocenters. The number of aromatic nitrogens is 1. The zero-order valence-electron chi connectivity index (χ0n) is 9.35. The smallest absolute Gasteiger partial charge is 0.0696 e. The van der Waals surface area contributed by atoms with Crippen LogP contribution in [0.25, 0.3) is 0 Å². The lowest BCUT2D eigenvalue weighted by Crippen LogP contribution is -1.94. The Morgan fingerprint density at radius 3 is 2.62 bits per heavy atom. The molecular weight excluding hydrogens is 198 g/mol. The summed E-state index contributed by atoms with van der Waals surface area (Å²) in [4.78, 5) is 4.31. The molecule has 1 heterocycles. The highest BCUT2D eigenvalue weighted by Gasteiger charge is 1.98. The molecule has 0 radical (unpaired) electrons. The van der Waals surface area contributed by atoms with Gasteiger partial charge in [0.15, 0.2) is 0 Å². The molecule has 82 valence electrons. The highest BCUT2D eigenvalue weighted by atomic mass is 16.3. The Labute approximate surface area is 95.6 Å². The highest BCUT2D eigenvalue weighted by molar-refractivity contribution is 5.26. The van der Waals surface area contributed by atoms with Gasteiger partial charge in [0, 0.05) is 18.3 Å². The summed E-state index contributed by atoms with van der Waals surface area (Å²) >= 11 is 0. The molecule has 0 bridgehead atoms. The number of hydrogen-bond donors (Lipinski definition) is 1. The predicted octanol–water partition coefficient (Wildman–Crippen LogP) is 2.47. The van der Waals surface area contributed by atoms with Gasteiger partial charge in [-0.1, -0.05) is 35.9 Å². The molecule has 0 aliphatic heterocycles. The molecule has 2 aromatic rings. The molecule has 2 nitrogen and oxygen atoms in total. The van der Waals surface area contributed by atoms with Crippen LogP contribution in [0.4, 0.5) is 0 Å². The van der Waals surface area contributed by atoms with Crippen molar-refractivity contribution in [1.29, 1.82) is 0 Å². The van der Waals surface area contributed by atoms with E-state index in [1.165, 1.54) is 11.1 Å². The third kappa shape index (κ3) is 2.67. The van der Waals surface area contributed by atoms with Gasteiger partial charge in [-0.25, -0.2) is 0 Å². The number of pyridine rings is 1. The number of aliphatic hydroxyl groups excluding tert-OH is 1. The Morgan fingerprint density at radius 2 is 2.00 bits per heavy atom. The molecule has 0 saturated carbocycles. The van der Waals surface area contributed by atoms with E-state index in [4.69, 9.17) is 5.11 Å². The van der Waals surface area contributed by atoms with Gasteiger partial charge < -0.3 is 5.11 Å². The van der Waals surface area contributed by atoms with Gasteiger partial charge in [-0.15, -0.1) is 0 Å². The van der Waals surface area contributed by atoms with E-state index in [0.717, 1.165) is 17.7 Å². The van der Waals surface area contributed by atoms with Gasteiger partial charge in [0.1, 0.15) is 0 Å². The molecule has 0 aliphatic rings. The van der Waals surface area contributed by atoms with Crippen molar-refractivity contribution in [2.45, 2.75) is 20.0 Å². The van der Waals surface area contributed by atoms with E-state index in [2.05, 4.69) is 36.2 Å². The maximum Gasteiger partial charge on any atom is 0.0696 e. The topological polar surface area (TPSA) is 33.1 Å². The second-order valence-corrected chi connectivity index (χ2v) is 3.98. The Morgan fingerprint density at radius 1 is 1.12 bits per heavy atom. The molecule has 0 amide bonds. The lowest BCUT2D eigenvalue weighted by atomic mass is 10.1. The molecule has 1 N–H and O–H groups in total. The van der Waals surface area contributed by atoms with Gasteiger partial charge in [-0.05, 0) is 24.1 Å². The van der Waals surface area contributed by atoms with E-state index in [9.17, 15) is 0 Å². The van der Waals surface area contributed by atoms with E-state index in [0.29, 0.717) is 0 Å². The lowest BCUT2D eigenvalue weighted by Gasteiger charge is -2.03. The first-order chi connectivity index (χ1) is 7.78. The Kier molecular flexibility index (Phi) is 3.32. The van der Waals surface area contributed by atoms with Crippen molar-refractivity contribution < 1.29 is 5.11 Å². The number of rotatable bonds is 3. The summed E-state index contributed by atoms with van der Waals surface area (Å²) in [7, 11) is 0. The fourth-order valence-corrected chi connectivity index (χ4v) is 1.68. The van der Waals surface area contributed by atoms with Gasteiger partial charge in [-0.3, -0.25) is 4.98 Å². The molecule has 0 aliphatic carbocycles. The van der Waals surface area contributed by atoms with Crippen LogP contribution >= 0.6 is 0 Å². The number of benzene rings is 1. The summed E-state index contributed by atoms with van der Waals surface area (Å²) < 4.78 is 0. The third-order valence-corrected chi connectivity index (χ3v) is 2.54. The number of hydrogen-bond acceptors (Lipinski definition) is 2. The number of nitrogens with zero attached hydrogens (tertiary/aromatic N) is 1. The van der Waals surface area contributed by atoms with Crippen molar-refractivity contribution in [2.75, 3.05) is 0 Å². The van der Waals surface area contributed by atoms with Crippen molar-refractivity contribution >= 4 is 0 Å². The van der Waals surface area contributed by atoms with E-state index in [1.54, 1.807) is 6.20 Å². The van der Waals surface area contributed by atoms with Crippen molar-refractivity contribution in [1.82, 2.24) is 4.98 Å². The maximum absolute atomic E-state index is 8.91. The van der Waals surface area contributed by atoms with Crippen molar-refractivity contribution in [2.24, 2.45) is 0 Å². The van der Waals surface area contributed by atoms with Gasteiger partial charge >= 0.3 is 0 Å². The van der Waals surface area contributed by atoms with Gasteiger partial charge in [0.05, 0.1) is 6.61 Å². The van der Waals surface area contributed by atoms with Crippen LogP contribution in [0, 0.1) is 6.92 Å². The molecular formula is C14H15NO. The molecule has 0 saturated heterocycles. The molecule has 0 fully saturated rings. The van der Waals surface area contributed by atoms with Gasteiger partial charge in [0.2, 0.25) is 0 Å². The molecule has 1 aromatic carbocycles. The SMILES string of the molecule is Cc1cccc(Cc2ccc(CO)cn2)c1. The standard InChI is InChI=1S/C14H15NO/c1-11-3-2-4-12(7-11)8-14-6-5-13(10-16)9-15-14/h2-7,9,16H,8,10H2,1H3. The Hall–Kier alpha value is -1.67. The van der Waals surface area contributed by atoms with Gasteiger partial charge in [0.25, 0.3) is 0 Å². The zero-order valence-corrected chi connectivity index (χ0v) is 9.35. The van der Waals surface area contributed by atoms with Crippen LogP contribution in [0.15, 0.2) is 42.6 Å². The minimum absolute atomic E-state index is 0.0533. The van der Waals surface area contributed by atoms with E-state index < -0.39 is 0 Å². The van der Waals surface area contributed by atoms with E-state index >= 15 is 0 Å². The first kappa shape index (κ1) is 10.8. The molecule has 1 aromatic heterocycles. The molecule has 0 spiro atoms. The van der Waals surface area contributed by atoms with Crippen molar-refractivity contribution in [3.63, 3.8) is 0 Å². The van der Waals surface area contributed by atoms with Crippen LogP contribution in [0.1, 0.15) is 22.4 Å². The zero-order chi connectivity index (χ0) is 11.4. The largest absolute Gasteiger partial charge is 0.392 e. The molecule has 2 heteroatoms. The molecule has 0 unspecified atom stereocenters. The fraction of sp³-hybridized carbons (Fsp3) is 0.214. The van der Waals surface area contributed by atoms with Crippen LogP contribution in [0.2, 0.25) is 0 Å². The van der Waals surface area contributed by atoms with Crippen LogP contribution in [-0.4, -0.2) is 10.1 Å². The summed E-state index contributed by atoms with van der Waals surface area (Å²) in [6, 6.07) is 12.3. The monoisotopic (exact) mass is 213 g/mol. The van der Waals surface area contributed by atoms with Crippen LogP contribution in [-0.2, 0) is 13.0 Å². The first-order valence-corrected chi connectivity index (χ1v) is 5.38. The van der Waals surface area contributed by atoms with Crippen LogP contribution in [0.3, 0.4) is 0 Å². The lowest BCUT2D eigenvalue weighted by molar-refractivity contribution is 0.281. The normalized spacial score (nSPS) is 10.4. The number of aryl methyl sites for hydroxylation is 1. The summed E-state index contributed by atoms with van der Waals surface area (Å²) in [5.74, 6) is 0. The third-order valence-electron chi connectivity index (χ3n) is 2.54. The second-order valence-electron chi connectivity index (χ2n) is 3.98. The van der Waals surface area contributed by atoms with Gasteiger partial charge in [-0.2, -0.15) is 0 Å². The second kappa shape index (κ2) is 4.90. The molecule has 16 heavy (non-hydrogen) atoms. The minimum Gasteiger partial charge on any atom is -0.392 e. The first-order valence-electron chi connectivity index (χ1n) is 5.38. The van der Waals surface area contributed by atoms with E-state index in [-0.39, 0.29) is 6.61 Å². The average Bonchev–Trinajstić information content (AvgIpc) is 2.30. The van der Waals surface area contributed by atoms with Crippen LogP contribution in [0.5, 0.6) is 0 Å². The Balaban J connectivity index is 2.14. The quantitative estimate of drug-likeness (QED) is 0.849. The Bertz CT molecular complexity index is 462. The van der Waals surface area contributed by atoms with E-state index in [1.807, 2.05) is 12.1 Å². The average molecular weight is 213 g/mol.